The summed E-state index contributed by atoms with van der Waals surface area (Å²) in [5.41, 5.74) is 5.82. The molecular weight excluding hydrogens is 159 g/mol. The van der Waals surface area contributed by atoms with E-state index in [4.69, 9.17) is 15.7 Å². The van der Waals surface area contributed by atoms with Gasteiger partial charge in [0.25, 0.3) is 0 Å². The van der Waals surface area contributed by atoms with E-state index in [1.807, 2.05) is 6.07 Å². The van der Waals surface area contributed by atoms with Gasteiger partial charge in [-0.3, -0.25) is 5.50 Å². The number of nitriles is 1. The van der Waals surface area contributed by atoms with Crippen LogP contribution < -0.4 is 10.8 Å². The summed E-state index contributed by atoms with van der Waals surface area (Å²) in [5.74, 6) is 0. The standard InChI is InChI=1S/C7H7N2OP/c8-5-6-1-3-7(4-2-6)11(9)10/h1-4,10H,9H2. The van der Waals surface area contributed by atoms with Crippen molar-refractivity contribution in [3.63, 3.8) is 0 Å². The minimum absolute atomic E-state index is 0.575. The van der Waals surface area contributed by atoms with E-state index in [-0.39, 0.29) is 0 Å². The van der Waals surface area contributed by atoms with Crippen LogP contribution in [0, 0.1) is 11.3 Å². The second-order valence-corrected chi connectivity index (χ2v) is 3.21. The van der Waals surface area contributed by atoms with E-state index in [0.29, 0.717) is 10.9 Å². The average molecular weight is 166 g/mol. The Labute approximate surface area is 66.0 Å². The van der Waals surface area contributed by atoms with Crippen LogP contribution >= 0.6 is 8.30 Å². The van der Waals surface area contributed by atoms with Gasteiger partial charge in [0.15, 0.2) is 0 Å². The molecule has 1 aromatic rings. The molecule has 0 amide bonds. The van der Waals surface area contributed by atoms with Crippen LogP contribution in [-0.4, -0.2) is 4.89 Å². The molecule has 4 heteroatoms. The molecule has 0 heterocycles. The number of nitrogens with zero attached hydrogens (tertiary/aromatic N) is 1. The highest BCUT2D eigenvalue weighted by Gasteiger charge is 1.99. The van der Waals surface area contributed by atoms with Crippen LogP contribution in [0.1, 0.15) is 5.56 Å². The van der Waals surface area contributed by atoms with Crippen molar-refractivity contribution < 1.29 is 4.89 Å². The van der Waals surface area contributed by atoms with Gasteiger partial charge in [0.1, 0.15) is 8.30 Å². The largest absolute Gasteiger partial charge is 0.356 e. The van der Waals surface area contributed by atoms with Crippen molar-refractivity contribution in [2.75, 3.05) is 0 Å². The third-order valence-electron chi connectivity index (χ3n) is 1.26. The number of nitrogens with two attached hydrogens (primary N) is 1. The van der Waals surface area contributed by atoms with Gasteiger partial charge in [-0.1, -0.05) is 0 Å². The van der Waals surface area contributed by atoms with Crippen molar-refractivity contribution in [3.8, 4) is 6.07 Å². The van der Waals surface area contributed by atoms with Crippen molar-refractivity contribution in [2.45, 2.75) is 0 Å². The van der Waals surface area contributed by atoms with Crippen LogP contribution in [0.25, 0.3) is 0 Å². The minimum Gasteiger partial charge on any atom is -0.356 e. The first kappa shape index (κ1) is 8.16. The third-order valence-corrected chi connectivity index (χ3v) is 2.09. The quantitative estimate of drug-likeness (QED) is 0.595. The molecule has 1 unspecified atom stereocenters. The van der Waals surface area contributed by atoms with Gasteiger partial charge in [0.05, 0.1) is 11.6 Å². The molecule has 0 bridgehead atoms. The molecule has 0 saturated heterocycles. The van der Waals surface area contributed by atoms with Crippen molar-refractivity contribution in [1.29, 1.82) is 5.26 Å². The Morgan fingerprint density at radius 3 is 2.27 bits per heavy atom. The first-order chi connectivity index (χ1) is 5.24. The second kappa shape index (κ2) is 3.45. The van der Waals surface area contributed by atoms with Gasteiger partial charge in [-0.05, 0) is 24.3 Å². The van der Waals surface area contributed by atoms with E-state index in [9.17, 15) is 0 Å². The van der Waals surface area contributed by atoms with E-state index in [1.54, 1.807) is 24.3 Å². The Morgan fingerprint density at radius 1 is 1.36 bits per heavy atom. The maximum atomic E-state index is 8.95. The molecule has 0 saturated carbocycles. The van der Waals surface area contributed by atoms with Crippen molar-refractivity contribution in [2.24, 2.45) is 5.50 Å². The normalized spacial score (nSPS) is 12.1. The molecule has 1 rings (SSSR count). The Hall–Kier alpha value is -0.940. The molecule has 56 valence electrons. The van der Waals surface area contributed by atoms with Crippen LogP contribution in [0.15, 0.2) is 24.3 Å². The summed E-state index contributed by atoms with van der Waals surface area (Å²) < 4.78 is 0. The molecule has 0 aliphatic heterocycles. The van der Waals surface area contributed by atoms with E-state index in [0.717, 1.165) is 0 Å². The summed E-state index contributed by atoms with van der Waals surface area (Å²) in [6, 6.07) is 8.56. The van der Waals surface area contributed by atoms with Crippen LogP contribution in [-0.2, 0) is 0 Å². The highest BCUT2D eigenvalue weighted by Crippen LogP contribution is 2.16. The number of hydrogen-bond donors (Lipinski definition) is 2. The van der Waals surface area contributed by atoms with Crippen LogP contribution in [0.5, 0.6) is 0 Å². The Bertz CT molecular complexity index is 275. The molecule has 0 aliphatic rings. The van der Waals surface area contributed by atoms with Crippen LogP contribution in [0.4, 0.5) is 0 Å². The molecule has 0 radical (unpaired) electrons. The highest BCUT2D eigenvalue weighted by atomic mass is 31.2. The Balaban J connectivity index is 2.94. The zero-order valence-electron chi connectivity index (χ0n) is 5.73. The van der Waals surface area contributed by atoms with Gasteiger partial charge in [-0.25, -0.2) is 0 Å². The highest BCUT2D eigenvalue weighted by molar-refractivity contribution is 7.57. The summed E-state index contributed by atoms with van der Waals surface area (Å²) in [4.78, 5) is 8.95. The fourth-order valence-corrected chi connectivity index (χ4v) is 1.14. The van der Waals surface area contributed by atoms with Gasteiger partial charge in [-0.2, -0.15) is 5.26 Å². The SMILES string of the molecule is N#Cc1ccc(P(N)O)cc1. The second-order valence-electron chi connectivity index (χ2n) is 2.00. The number of rotatable bonds is 1. The minimum atomic E-state index is -1.52. The van der Waals surface area contributed by atoms with Gasteiger partial charge in [0.2, 0.25) is 0 Å². The van der Waals surface area contributed by atoms with Gasteiger partial charge in [-0.15, -0.1) is 0 Å². The lowest BCUT2D eigenvalue weighted by atomic mass is 10.2. The predicted octanol–water partition coefficient (Wildman–Crippen LogP) is 0.446. The number of benzene rings is 1. The fourth-order valence-electron chi connectivity index (χ4n) is 0.689. The average Bonchev–Trinajstić information content (AvgIpc) is 2.05. The molecule has 0 aromatic heterocycles. The van der Waals surface area contributed by atoms with Gasteiger partial charge < -0.3 is 4.89 Å². The Kier molecular flexibility index (Phi) is 2.56. The molecule has 0 fully saturated rings. The molecule has 1 atom stereocenters. The fraction of sp³-hybridized carbons (Fsp3) is 0. The lowest BCUT2D eigenvalue weighted by Gasteiger charge is -2.01. The predicted molar refractivity (Wildman–Crippen MR) is 44.1 cm³/mol. The molecule has 11 heavy (non-hydrogen) atoms. The lowest BCUT2D eigenvalue weighted by Crippen LogP contribution is -2.05. The zero-order chi connectivity index (χ0) is 8.27. The summed E-state index contributed by atoms with van der Waals surface area (Å²) in [6.45, 7) is 0. The Morgan fingerprint density at radius 2 is 1.91 bits per heavy atom. The van der Waals surface area contributed by atoms with E-state index in [2.05, 4.69) is 0 Å². The monoisotopic (exact) mass is 166 g/mol. The molecule has 0 spiro atoms. The maximum absolute atomic E-state index is 8.95. The van der Waals surface area contributed by atoms with Gasteiger partial charge >= 0.3 is 0 Å². The summed E-state index contributed by atoms with van der Waals surface area (Å²) in [5, 5.41) is 9.11. The molecular formula is C7H7N2OP. The zero-order valence-corrected chi connectivity index (χ0v) is 6.62. The summed E-state index contributed by atoms with van der Waals surface area (Å²) >= 11 is 0. The lowest BCUT2D eigenvalue weighted by molar-refractivity contribution is 0.636. The molecule has 3 nitrogen and oxygen atoms in total. The smallest absolute Gasteiger partial charge is 0.129 e. The van der Waals surface area contributed by atoms with Crippen molar-refractivity contribution in [3.05, 3.63) is 29.8 Å². The first-order valence-electron chi connectivity index (χ1n) is 2.98. The van der Waals surface area contributed by atoms with Crippen LogP contribution in [0.3, 0.4) is 0 Å². The van der Waals surface area contributed by atoms with Gasteiger partial charge in [0, 0.05) is 5.30 Å². The summed E-state index contributed by atoms with van der Waals surface area (Å²) in [7, 11) is -1.52. The first-order valence-corrected chi connectivity index (χ1v) is 4.34. The van der Waals surface area contributed by atoms with Crippen molar-refractivity contribution in [1.82, 2.24) is 0 Å². The van der Waals surface area contributed by atoms with Crippen molar-refractivity contribution >= 4 is 13.6 Å². The maximum Gasteiger partial charge on any atom is 0.129 e. The van der Waals surface area contributed by atoms with E-state index in [1.165, 1.54) is 0 Å². The summed E-state index contributed by atoms with van der Waals surface area (Å²) in [6.07, 6.45) is 0. The topological polar surface area (TPSA) is 70.0 Å². The van der Waals surface area contributed by atoms with E-state index >= 15 is 0 Å². The molecule has 3 N–H and O–H groups in total. The van der Waals surface area contributed by atoms with E-state index < -0.39 is 8.30 Å². The number of hydrogen-bond acceptors (Lipinski definition) is 3. The third kappa shape index (κ3) is 1.99. The van der Waals surface area contributed by atoms with Crippen LogP contribution in [0.2, 0.25) is 0 Å². The molecule has 0 aliphatic carbocycles. The molecule has 1 aromatic carbocycles.